The summed E-state index contributed by atoms with van der Waals surface area (Å²) in [5.41, 5.74) is -0.783. The van der Waals surface area contributed by atoms with Gasteiger partial charge in [-0.3, -0.25) is 4.79 Å². The van der Waals surface area contributed by atoms with E-state index in [1.807, 2.05) is 0 Å². The van der Waals surface area contributed by atoms with Crippen LogP contribution in [-0.4, -0.2) is 16.5 Å². The Kier molecular flexibility index (Phi) is 5.76. The largest absolute Gasteiger partial charge is 0.381 e. The Hall–Kier alpha value is -0.370. The normalized spacial score (nSPS) is 48.2. The van der Waals surface area contributed by atoms with Gasteiger partial charge < -0.3 is 5.11 Å². The second-order valence-corrected chi connectivity index (χ2v) is 12.5. The van der Waals surface area contributed by atoms with E-state index in [0.717, 1.165) is 30.6 Å². The van der Waals surface area contributed by atoms with Gasteiger partial charge in [-0.2, -0.15) is 0 Å². The van der Waals surface area contributed by atoms with Crippen molar-refractivity contribution in [1.29, 1.82) is 0 Å². The van der Waals surface area contributed by atoms with Gasteiger partial charge in [-0.25, -0.2) is 0 Å². The van der Waals surface area contributed by atoms with E-state index in [-0.39, 0.29) is 11.2 Å². The van der Waals surface area contributed by atoms with Crippen molar-refractivity contribution in [3.8, 4) is 0 Å². The lowest BCUT2D eigenvalue weighted by atomic mass is 9.43. The van der Waals surface area contributed by atoms with E-state index in [1.165, 1.54) is 51.4 Å². The molecule has 0 spiro atoms. The summed E-state index contributed by atoms with van der Waals surface area (Å²) in [6, 6.07) is 0. The lowest BCUT2D eigenvalue weighted by Crippen LogP contribution is -2.65. The van der Waals surface area contributed by atoms with Crippen LogP contribution in [0, 0.1) is 46.3 Å². The minimum atomic E-state index is -1.03. The molecule has 0 aromatic heterocycles. The summed E-state index contributed by atoms with van der Waals surface area (Å²) >= 11 is 0. The number of Topliss-reactive ketones (excluding diaryl/α,β-unsaturated/α-hetero) is 1. The second kappa shape index (κ2) is 7.64. The van der Waals surface area contributed by atoms with E-state index < -0.39 is 5.60 Å². The predicted octanol–water partition coefficient (Wildman–Crippen LogP) is 6.79. The number of aliphatic hydroxyl groups is 1. The van der Waals surface area contributed by atoms with E-state index in [4.69, 9.17) is 0 Å². The molecule has 4 aliphatic carbocycles. The summed E-state index contributed by atoms with van der Waals surface area (Å²) in [6.45, 7) is 12.1. The minimum Gasteiger partial charge on any atom is -0.381 e. The molecule has 2 heteroatoms. The number of carbonyl (C=O) groups is 1. The fourth-order valence-electron chi connectivity index (χ4n) is 9.09. The minimum absolute atomic E-state index is 0.173. The van der Waals surface area contributed by atoms with Crippen molar-refractivity contribution in [1.82, 2.24) is 0 Å². The van der Waals surface area contributed by atoms with Crippen LogP contribution in [0.25, 0.3) is 0 Å². The van der Waals surface area contributed by atoms with Crippen molar-refractivity contribution < 1.29 is 9.90 Å². The lowest BCUT2D eigenvalue weighted by molar-refractivity contribution is -0.203. The van der Waals surface area contributed by atoms with E-state index >= 15 is 0 Å². The first-order chi connectivity index (χ1) is 13.6. The maximum absolute atomic E-state index is 13.3. The molecule has 0 aromatic rings. The lowest BCUT2D eigenvalue weighted by Gasteiger charge is -2.62. The molecule has 0 unspecified atom stereocenters. The van der Waals surface area contributed by atoms with Gasteiger partial charge in [0.05, 0.1) is 0 Å². The molecule has 1 N–H and O–H groups in total. The zero-order valence-electron chi connectivity index (χ0n) is 19.8. The highest BCUT2D eigenvalue weighted by atomic mass is 16.3. The van der Waals surface area contributed by atoms with Gasteiger partial charge in [0.1, 0.15) is 5.60 Å². The van der Waals surface area contributed by atoms with Crippen LogP contribution >= 0.6 is 0 Å². The highest BCUT2D eigenvalue weighted by molar-refractivity contribution is 5.89. The number of hydrogen-bond acceptors (Lipinski definition) is 2. The molecule has 4 aliphatic rings. The molecule has 0 aromatic carbocycles. The average molecular weight is 403 g/mol. The van der Waals surface area contributed by atoms with Gasteiger partial charge in [-0.15, -0.1) is 0 Å². The fourth-order valence-corrected chi connectivity index (χ4v) is 9.09. The summed E-state index contributed by atoms with van der Waals surface area (Å²) < 4.78 is 0. The predicted molar refractivity (Wildman–Crippen MR) is 120 cm³/mol. The molecule has 8 atom stereocenters. The third-order valence-corrected chi connectivity index (χ3v) is 10.8. The van der Waals surface area contributed by atoms with Crippen molar-refractivity contribution in [3.05, 3.63) is 0 Å². The Morgan fingerprint density at radius 2 is 1.69 bits per heavy atom. The first-order valence-corrected chi connectivity index (χ1v) is 12.9. The topological polar surface area (TPSA) is 37.3 Å². The van der Waals surface area contributed by atoms with Crippen LogP contribution in [0.15, 0.2) is 0 Å². The van der Waals surface area contributed by atoms with Gasteiger partial charge in [0, 0.05) is 11.8 Å². The van der Waals surface area contributed by atoms with Crippen LogP contribution in [0.1, 0.15) is 112 Å². The number of ketones is 1. The standard InChI is InChI=1S/C27H46O2/c1-18(2)9-8-10-19(3)21-11-12-22-20-17-24(28)27(29)15-7-6-14-26(27,5)23(20)13-16-25(21,22)4/h18-23,29H,6-17H2,1-5H3/t19-,20+,21+,22-,23+,25+,26-,27+/m1/s1. The number of fused-ring (bicyclic) bond motifs is 5. The van der Waals surface area contributed by atoms with Crippen LogP contribution in [0.3, 0.4) is 0 Å². The van der Waals surface area contributed by atoms with E-state index in [0.29, 0.717) is 36.0 Å². The molecule has 0 radical (unpaired) electrons. The molecule has 0 saturated heterocycles. The molecule has 0 amide bonds. The number of rotatable bonds is 5. The first-order valence-electron chi connectivity index (χ1n) is 12.9. The Morgan fingerprint density at radius 1 is 0.966 bits per heavy atom. The van der Waals surface area contributed by atoms with Gasteiger partial charge in [0.15, 0.2) is 5.78 Å². The first kappa shape index (κ1) is 21.8. The number of carbonyl (C=O) groups excluding carboxylic acids is 1. The van der Waals surface area contributed by atoms with Crippen molar-refractivity contribution in [2.45, 2.75) is 117 Å². The highest BCUT2D eigenvalue weighted by Gasteiger charge is 2.66. The SMILES string of the molecule is CC(C)CCC[C@@H](C)[C@@H]1CC[C@@H]2[C@@H]3CC(=O)[C@@]4(O)CCCC[C@]4(C)[C@H]3CC[C@]21C. The van der Waals surface area contributed by atoms with Crippen molar-refractivity contribution in [2.75, 3.05) is 0 Å². The van der Waals surface area contributed by atoms with Crippen LogP contribution in [-0.2, 0) is 4.79 Å². The molecule has 29 heavy (non-hydrogen) atoms. The van der Waals surface area contributed by atoms with Crippen LogP contribution in [0.2, 0.25) is 0 Å². The van der Waals surface area contributed by atoms with Gasteiger partial charge in [-0.05, 0) is 79.4 Å². The third-order valence-electron chi connectivity index (χ3n) is 10.8. The van der Waals surface area contributed by atoms with Crippen molar-refractivity contribution in [2.24, 2.45) is 46.3 Å². The third kappa shape index (κ3) is 3.26. The quantitative estimate of drug-likeness (QED) is 0.549. The van der Waals surface area contributed by atoms with Gasteiger partial charge in [-0.1, -0.05) is 66.7 Å². The summed E-state index contributed by atoms with van der Waals surface area (Å²) in [7, 11) is 0. The molecule has 166 valence electrons. The maximum atomic E-state index is 13.3. The average Bonchev–Trinajstić information content (AvgIpc) is 3.01. The van der Waals surface area contributed by atoms with Crippen LogP contribution < -0.4 is 0 Å². The van der Waals surface area contributed by atoms with Gasteiger partial charge >= 0.3 is 0 Å². The smallest absolute Gasteiger partial charge is 0.165 e. The Bertz CT molecular complexity index is 626. The Balaban J connectivity index is 1.53. The summed E-state index contributed by atoms with van der Waals surface area (Å²) in [5.74, 6) is 4.42. The summed E-state index contributed by atoms with van der Waals surface area (Å²) in [6.07, 6.45) is 14.0. The molecular formula is C27H46O2. The van der Waals surface area contributed by atoms with E-state index in [1.54, 1.807) is 0 Å². The molecule has 4 rings (SSSR count). The molecule has 4 saturated carbocycles. The molecule has 0 bridgehead atoms. The van der Waals surface area contributed by atoms with Crippen LogP contribution in [0.4, 0.5) is 0 Å². The summed E-state index contributed by atoms with van der Waals surface area (Å²) in [5, 5.41) is 11.5. The Labute approximate surface area is 179 Å². The van der Waals surface area contributed by atoms with E-state index in [2.05, 4.69) is 34.6 Å². The maximum Gasteiger partial charge on any atom is 0.165 e. The van der Waals surface area contributed by atoms with Gasteiger partial charge in [0.2, 0.25) is 0 Å². The van der Waals surface area contributed by atoms with Crippen molar-refractivity contribution >= 4 is 5.78 Å². The summed E-state index contributed by atoms with van der Waals surface area (Å²) in [4.78, 5) is 13.3. The molecule has 2 nitrogen and oxygen atoms in total. The monoisotopic (exact) mass is 402 g/mol. The fraction of sp³-hybridized carbons (Fsp3) is 0.963. The second-order valence-electron chi connectivity index (χ2n) is 12.5. The molecule has 4 fully saturated rings. The zero-order valence-corrected chi connectivity index (χ0v) is 19.8. The van der Waals surface area contributed by atoms with Crippen molar-refractivity contribution in [3.63, 3.8) is 0 Å². The van der Waals surface area contributed by atoms with E-state index in [9.17, 15) is 9.90 Å². The molecule has 0 heterocycles. The molecular weight excluding hydrogens is 356 g/mol. The number of hydrogen-bond donors (Lipinski definition) is 1. The van der Waals surface area contributed by atoms with Crippen LogP contribution in [0.5, 0.6) is 0 Å². The van der Waals surface area contributed by atoms with Gasteiger partial charge in [0.25, 0.3) is 0 Å². The highest BCUT2D eigenvalue weighted by Crippen LogP contribution is 2.68. The zero-order chi connectivity index (χ0) is 21.0. The Morgan fingerprint density at radius 3 is 2.41 bits per heavy atom. The molecule has 0 aliphatic heterocycles.